The van der Waals surface area contributed by atoms with Crippen LogP contribution in [0.1, 0.15) is 189 Å². The van der Waals surface area contributed by atoms with Crippen LogP contribution in [0.3, 0.4) is 0 Å². The molecule has 0 bridgehead atoms. The van der Waals surface area contributed by atoms with Crippen LogP contribution >= 0.6 is 0 Å². The minimum absolute atomic E-state index is 0.194. The number of carbonyl (C=O) groups excluding carboxylic acids is 4. The van der Waals surface area contributed by atoms with Gasteiger partial charge in [0.1, 0.15) is 11.6 Å². The van der Waals surface area contributed by atoms with Crippen molar-refractivity contribution in [2.45, 2.75) is 201 Å². The highest BCUT2D eigenvalue weighted by atomic mass is 16.2. The van der Waals surface area contributed by atoms with Gasteiger partial charge >= 0.3 is 0 Å². The van der Waals surface area contributed by atoms with Crippen LogP contribution < -0.4 is 10.6 Å². The van der Waals surface area contributed by atoms with Crippen LogP contribution in [0.25, 0.3) is 0 Å². The number of hydrogen-bond acceptors (Lipinski definition) is 4. The highest BCUT2D eigenvalue weighted by Crippen LogP contribution is 2.29. The number of Topliss-reactive ketones (excluding diaryl/α,β-unsaturated/α-hetero) is 2. The molecule has 2 amide bonds. The summed E-state index contributed by atoms with van der Waals surface area (Å²) in [7, 11) is 0. The molecule has 2 fully saturated rings. The van der Waals surface area contributed by atoms with E-state index in [4.69, 9.17) is 0 Å². The Balaban J connectivity index is 0. The minimum Gasteiger partial charge on any atom is -0.353 e. The molecular weight excluding hydrogens is 572 g/mol. The Hall–Kier alpha value is -1.72. The first-order valence-corrected chi connectivity index (χ1v) is 18.0. The highest BCUT2D eigenvalue weighted by Gasteiger charge is 2.32. The van der Waals surface area contributed by atoms with Crippen molar-refractivity contribution in [1.29, 1.82) is 0 Å². The van der Waals surface area contributed by atoms with Gasteiger partial charge in [-0.25, -0.2) is 0 Å². The lowest BCUT2D eigenvalue weighted by Crippen LogP contribution is -2.42. The van der Waals surface area contributed by atoms with Crippen LogP contribution in [0.15, 0.2) is 0 Å². The van der Waals surface area contributed by atoms with Gasteiger partial charge in [0.25, 0.3) is 0 Å². The molecule has 2 N–H and O–H groups in total. The van der Waals surface area contributed by atoms with Gasteiger partial charge in [0.15, 0.2) is 0 Å². The van der Waals surface area contributed by atoms with Crippen molar-refractivity contribution in [2.75, 3.05) is 0 Å². The summed E-state index contributed by atoms with van der Waals surface area (Å²) >= 11 is 0. The predicted octanol–water partition coefficient (Wildman–Crippen LogP) is 10.3. The molecule has 0 heterocycles. The lowest BCUT2D eigenvalue weighted by Gasteiger charge is -2.26. The van der Waals surface area contributed by atoms with E-state index in [1.54, 1.807) is 0 Å². The summed E-state index contributed by atoms with van der Waals surface area (Å²) < 4.78 is 0. The Morgan fingerprint density at radius 2 is 0.543 bits per heavy atom. The van der Waals surface area contributed by atoms with Crippen LogP contribution in [0.2, 0.25) is 0 Å². The lowest BCUT2D eigenvalue weighted by atomic mass is 9.76. The zero-order valence-electron chi connectivity index (χ0n) is 33.9. The van der Waals surface area contributed by atoms with E-state index in [9.17, 15) is 19.2 Å². The predicted molar refractivity (Wildman–Crippen MR) is 197 cm³/mol. The molecule has 0 aromatic heterocycles. The molecular formula is C40H78N2O4. The number of hydrogen-bond donors (Lipinski definition) is 2. The van der Waals surface area contributed by atoms with E-state index in [0.717, 1.165) is 0 Å². The summed E-state index contributed by atoms with van der Waals surface area (Å²) in [5.74, 6) is 1.03. The van der Waals surface area contributed by atoms with E-state index in [-0.39, 0.29) is 44.3 Å². The van der Waals surface area contributed by atoms with Crippen molar-refractivity contribution in [3.05, 3.63) is 0 Å². The maximum absolute atomic E-state index is 11.6. The van der Waals surface area contributed by atoms with Crippen LogP contribution in [0, 0.1) is 32.5 Å². The first-order chi connectivity index (χ1) is 20.3. The van der Waals surface area contributed by atoms with Gasteiger partial charge in [-0.05, 0) is 25.7 Å². The number of ketones is 2. The Kier molecular flexibility index (Phi) is 18.9. The summed E-state index contributed by atoms with van der Waals surface area (Å²) in [5, 5.41) is 6.24. The second kappa shape index (κ2) is 18.7. The molecule has 6 heteroatoms. The van der Waals surface area contributed by atoms with E-state index < -0.39 is 0 Å². The second-order valence-corrected chi connectivity index (χ2v) is 19.8. The number of rotatable bonds is 2. The molecule has 2 rings (SSSR count). The van der Waals surface area contributed by atoms with Crippen molar-refractivity contribution in [3.8, 4) is 0 Å². The molecule has 0 radical (unpaired) electrons. The Morgan fingerprint density at radius 1 is 0.348 bits per heavy atom. The fourth-order valence-electron chi connectivity index (χ4n) is 5.55. The third-order valence-corrected chi connectivity index (χ3v) is 7.97. The third-order valence-electron chi connectivity index (χ3n) is 7.97. The largest absolute Gasteiger partial charge is 0.353 e. The van der Waals surface area contributed by atoms with E-state index in [2.05, 4.69) is 10.6 Å². The van der Waals surface area contributed by atoms with Gasteiger partial charge < -0.3 is 10.6 Å². The molecule has 0 spiro atoms. The molecule has 46 heavy (non-hydrogen) atoms. The molecule has 2 saturated carbocycles. The average Bonchev–Trinajstić information content (AvgIpc) is 2.87. The molecule has 0 aromatic rings. The lowest BCUT2D eigenvalue weighted by molar-refractivity contribution is -0.134. The SMILES string of the molecule is CC(C)(C)C(=O)C(C)(C)C.CC(C)(C)C(=O)C(C)(C)C.CC(C)(C)C(=O)NC1CCCCC1.CC(C)(C)C(=O)NC1CCCCC1. The normalized spacial score (nSPS) is 17.1. The standard InChI is InChI=1S/2C11H21NO.2C9H18O/c2*1-11(2,3)10(13)12-9-7-5-4-6-8-9;2*1-8(2,3)7(10)9(4,5)6/h2*9H,4-8H2,1-3H3,(H,12,13);2*1-6H3. The van der Waals surface area contributed by atoms with Gasteiger partial charge in [-0.3, -0.25) is 19.2 Å². The zero-order chi connectivity index (χ0) is 36.9. The highest BCUT2D eigenvalue weighted by molar-refractivity contribution is 5.88. The first kappa shape index (κ1) is 46.4. The summed E-state index contributed by atoms with van der Waals surface area (Å²) in [6, 6.07) is 0.890. The van der Waals surface area contributed by atoms with Crippen molar-refractivity contribution in [3.63, 3.8) is 0 Å². The fourth-order valence-corrected chi connectivity index (χ4v) is 5.55. The Bertz CT molecular complexity index is 817. The monoisotopic (exact) mass is 651 g/mol. The maximum atomic E-state index is 11.6. The molecule has 6 nitrogen and oxygen atoms in total. The van der Waals surface area contributed by atoms with Crippen molar-refractivity contribution in [2.24, 2.45) is 32.5 Å². The average molecular weight is 651 g/mol. The Labute approximate surface area is 286 Å². The van der Waals surface area contributed by atoms with E-state index in [0.29, 0.717) is 23.7 Å². The summed E-state index contributed by atoms with van der Waals surface area (Å²) in [6.07, 6.45) is 12.4. The number of nitrogens with one attached hydrogen (secondary N) is 2. The summed E-state index contributed by atoms with van der Waals surface area (Å²) in [4.78, 5) is 46.2. The van der Waals surface area contributed by atoms with Gasteiger partial charge in [0, 0.05) is 44.6 Å². The molecule has 0 aromatic carbocycles. The van der Waals surface area contributed by atoms with E-state index in [1.807, 2.05) is 125 Å². The summed E-state index contributed by atoms with van der Waals surface area (Å²) in [5.41, 5.74) is -1.26. The molecule has 2 aliphatic rings. The van der Waals surface area contributed by atoms with Crippen LogP contribution in [0.5, 0.6) is 0 Å². The quantitative estimate of drug-likeness (QED) is 0.311. The third kappa shape index (κ3) is 21.2. The molecule has 2 aliphatic carbocycles. The number of carbonyl (C=O) groups is 4. The van der Waals surface area contributed by atoms with Gasteiger partial charge in [-0.2, -0.15) is 0 Å². The topological polar surface area (TPSA) is 92.3 Å². The molecule has 272 valence electrons. The molecule has 0 aliphatic heterocycles. The van der Waals surface area contributed by atoms with E-state index >= 15 is 0 Å². The van der Waals surface area contributed by atoms with Crippen molar-refractivity contribution in [1.82, 2.24) is 10.6 Å². The molecule has 0 atom stereocenters. The first-order valence-electron chi connectivity index (χ1n) is 18.0. The molecule has 0 saturated heterocycles. The van der Waals surface area contributed by atoms with E-state index in [1.165, 1.54) is 64.2 Å². The molecule has 0 unspecified atom stereocenters. The Morgan fingerprint density at radius 3 is 0.674 bits per heavy atom. The van der Waals surface area contributed by atoms with Gasteiger partial charge in [0.05, 0.1) is 0 Å². The van der Waals surface area contributed by atoms with Crippen LogP contribution in [-0.4, -0.2) is 35.5 Å². The van der Waals surface area contributed by atoms with Gasteiger partial charge in [0.2, 0.25) is 11.8 Å². The minimum atomic E-state index is -0.239. The van der Waals surface area contributed by atoms with Gasteiger partial charge in [-0.15, -0.1) is 0 Å². The van der Waals surface area contributed by atoms with Crippen molar-refractivity contribution < 1.29 is 19.2 Å². The van der Waals surface area contributed by atoms with Crippen molar-refractivity contribution >= 4 is 23.4 Å². The van der Waals surface area contributed by atoms with Crippen LogP contribution in [0.4, 0.5) is 0 Å². The fraction of sp³-hybridized carbons (Fsp3) is 0.900. The second-order valence-electron chi connectivity index (χ2n) is 19.8. The van der Waals surface area contributed by atoms with Crippen LogP contribution in [-0.2, 0) is 19.2 Å². The maximum Gasteiger partial charge on any atom is 0.225 e. The summed E-state index contributed by atoms with van der Waals surface area (Å²) in [6.45, 7) is 35.3. The zero-order valence-corrected chi connectivity index (χ0v) is 33.9. The number of amides is 2. The van der Waals surface area contributed by atoms with Gasteiger partial charge in [-0.1, -0.05) is 163 Å². The smallest absolute Gasteiger partial charge is 0.225 e.